The van der Waals surface area contributed by atoms with Gasteiger partial charge in [0.15, 0.2) is 5.78 Å². The Morgan fingerprint density at radius 3 is 2.50 bits per heavy atom. The smallest absolute Gasteiger partial charge is 0.168 e. The van der Waals surface area contributed by atoms with Crippen LogP contribution in [0.3, 0.4) is 0 Å². The summed E-state index contributed by atoms with van der Waals surface area (Å²) in [6.45, 7) is 3.67. The maximum atomic E-state index is 13.4. The molecule has 0 aliphatic rings. The van der Waals surface area contributed by atoms with Gasteiger partial charge in [0.1, 0.15) is 11.6 Å². The van der Waals surface area contributed by atoms with Gasteiger partial charge in [0.25, 0.3) is 0 Å². The van der Waals surface area contributed by atoms with Gasteiger partial charge < -0.3 is 5.73 Å². The van der Waals surface area contributed by atoms with Crippen molar-refractivity contribution >= 4 is 5.78 Å². The standard InChI is InChI=1S/C14H19F2NO/c1-9(4-3-5-10(2)17)14(18)12-7-6-11(15)8-13(12)16/h6-10H,3-5,17H2,1-2H3. The molecule has 0 radical (unpaired) electrons. The Balaban J connectivity index is 2.63. The Bertz CT molecular complexity index is 418. The third-order valence-corrected chi connectivity index (χ3v) is 2.94. The van der Waals surface area contributed by atoms with Crippen molar-refractivity contribution in [2.75, 3.05) is 0 Å². The van der Waals surface area contributed by atoms with Crippen molar-refractivity contribution in [1.29, 1.82) is 0 Å². The molecule has 0 heterocycles. The molecule has 0 aromatic heterocycles. The lowest BCUT2D eigenvalue weighted by Crippen LogP contribution is -2.17. The number of halogens is 2. The molecule has 4 heteroatoms. The van der Waals surface area contributed by atoms with Gasteiger partial charge in [-0.15, -0.1) is 0 Å². The summed E-state index contributed by atoms with van der Waals surface area (Å²) in [5.74, 6) is -2.02. The lowest BCUT2D eigenvalue weighted by Gasteiger charge is -2.12. The molecule has 1 aromatic carbocycles. The Hall–Kier alpha value is -1.29. The van der Waals surface area contributed by atoms with Crippen molar-refractivity contribution in [3.8, 4) is 0 Å². The van der Waals surface area contributed by atoms with Crippen LogP contribution in [0.2, 0.25) is 0 Å². The van der Waals surface area contributed by atoms with Gasteiger partial charge in [-0.05, 0) is 31.9 Å². The molecular weight excluding hydrogens is 236 g/mol. The predicted octanol–water partition coefficient (Wildman–Crippen LogP) is 3.30. The SMILES string of the molecule is CC(N)CCCC(C)C(=O)c1ccc(F)cc1F. The first-order valence-corrected chi connectivity index (χ1v) is 6.16. The van der Waals surface area contributed by atoms with Gasteiger partial charge in [-0.25, -0.2) is 8.78 Å². The molecule has 2 nitrogen and oxygen atoms in total. The summed E-state index contributed by atoms with van der Waals surface area (Å²) in [6.07, 6.45) is 2.33. The van der Waals surface area contributed by atoms with Crippen LogP contribution in [0, 0.1) is 17.6 Å². The summed E-state index contributed by atoms with van der Waals surface area (Å²) in [4.78, 5) is 12.0. The van der Waals surface area contributed by atoms with E-state index in [1.165, 1.54) is 6.07 Å². The molecule has 100 valence electrons. The molecule has 0 bridgehead atoms. The van der Waals surface area contributed by atoms with Crippen LogP contribution in [-0.2, 0) is 0 Å². The minimum atomic E-state index is -0.793. The zero-order chi connectivity index (χ0) is 13.7. The van der Waals surface area contributed by atoms with Crippen LogP contribution in [0.25, 0.3) is 0 Å². The highest BCUT2D eigenvalue weighted by atomic mass is 19.1. The number of carbonyl (C=O) groups is 1. The van der Waals surface area contributed by atoms with Crippen molar-refractivity contribution in [3.05, 3.63) is 35.4 Å². The number of benzene rings is 1. The van der Waals surface area contributed by atoms with Gasteiger partial charge in [-0.2, -0.15) is 0 Å². The second-order valence-electron chi connectivity index (χ2n) is 4.80. The predicted molar refractivity (Wildman–Crippen MR) is 67.4 cm³/mol. The molecule has 0 aliphatic carbocycles. The first-order valence-electron chi connectivity index (χ1n) is 6.16. The fourth-order valence-corrected chi connectivity index (χ4v) is 1.83. The second kappa shape index (κ2) is 6.59. The zero-order valence-electron chi connectivity index (χ0n) is 10.7. The van der Waals surface area contributed by atoms with Gasteiger partial charge in [-0.1, -0.05) is 13.3 Å². The molecule has 1 aromatic rings. The average molecular weight is 255 g/mol. The second-order valence-corrected chi connectivity index (χ2v) is 4.80. The van der Waals surface area contributed by atoms with E-state index < -0.39 is 11.6 Å². The van der Waals surface area contributed by atoms with Crippen LogP contribution in [0.5, 0.6) is 0 Å². The highest BCUT2D eigenvalue weighted by Gasteiger charge is 2.18. The number of rotatable bonds is 6. The zero-order valence-corrected chi connectivity index (χ0v) is 10.7. The molecular formula is C14H19F2NO. The monoisotopic (exact) mass is 255 g/mol. The quantitative estimate of drug-likeness (QED) is 0.792. The molecule has 0 saturated heterocycles. The van der Waals surface area contributed by atoms with E-state index in [2.05, 4.69) is 0 Å². The van der Waals surface area contributed by atoms with Crippen molar-refractivity contribution in [1.82, 2.24) is 0 Å². The van der Waals surface area contributed by atoms with Crippen molar-refractivity contribution < 1.29 is 13.6 Å². The van der Waals surface area contributed by atoms with Gasteiger partial charge in [0, 0.05) is 18.0 Å². The van der Waals surface area contributed by atoms with E-state index in [4.69, 9.17) is 5.73 Å². The summed E-state index contributed by atoms with van der Waals surface area (Å²) in [5, 5.41) is 0. The lowest BCUT2D eigenvalue weighted by molar-refractivity contribution is 0.0918. The van der Waals surface area contributed by atoms with E-state index in [1.54, 1.807) is 6.92 Å². The summed E-state index contributed by atoms with van der Waals surface area (Å²) >= 11 is 0. The first-order chi connectivity index (χ1) is 8.41. The first kappa shape index (κ1) is 14.8. The van der Waals surface area contributed by atoms with Gasteiger partial charge in [0.05, 0.1) is 5.56 Å². The van der Waals surface area contributed by atoms with E-state index in [1.807, 2.05) is 6.92 Å². The van der Waals surface area contributed by atoms with Crippen LogP contribution in [-0.4, -0.2) is 11.8 Å². The molecule has 1 rings (SSSR count). The third-order valence-electron chi connectivity index (χ3n) is 2.94. The number of hydrogen-bond donors (Lipinski definition) is 1. The average Bonchev–Trinajstić information content (AvgIpc) is 2.27. The molecule has 0 fully saturated rings. The third kappa shape index (κ3) is 4.18. The number of nitrogens with two attached hydrogens (primary N) is 1. The van der Waals surface area contributed by atoms with Crippen molar-refractivity contribution in [2.24, 2.45) is 11.7 Å². The molecule has 0 spiro atoms. The highest BCUT2D eigenvalue weighted by molar-refractivity contribution is 5.97. The van der Waals surface area contributed by atoms with E-state index in [-0.39, 0.29) is 23.3 Å². The fourth-order valence-electron chi connectivity index (χ4n) is 1.83. The lowest BCUT2D eigenvalue weighted by atomic mass is 9.93. The van der Waals surface area contributed by atoms with Crippen LogP contribution < -0.4 is 5.73 Å². The van der Waals surface area contributed by atoms with Crippen LogP contribution in [0.15, 0.2) is 18.2 Å². The van der Waals surface area contributed by atoms with E-state index >= 15 is 0 Å². The molecule has 2 N–H and O–H groups in total. The fraction of sp³-hybridized carbons (Fsp3) is 0.500. The maximum absolute atomic E-state index is 13.4. The van der Waals surface area contributed by atoms with Gasteiger partial charge in [-0.3, -0.25) is 4.79 Å². The molecule has 0 amide bonds. The minimum Gasteiger partial charge on any atom is -0.328 e. The van der Waals surface area contributed by atoms with Crippen LogP contribution in [0.4, 0.5) is 8.78 Å². The topological polar surface area (TPSA) is 43.1 Å². The Kier molecular flexibility index (Phi) is 5.41. The normalized spacial score (nSPS) is 14.3. The van der Waals surface area contributed by atoms with Crippen LogP contribution in [0.1, 0.15) is 43.5 Å². The van der Waals surface area contributed by atoms with E-state index in [0.717, 1.165) is 25.0 Å². The Morgan fingerprint density at radius 2 is 1.94 bits per heavy atom. The summed E-state index contributed by atoms with van der Waals surface area (Å²) in [7, 11) is 0. The van der Waals surface area contributed by atoms with Crippen molar-refractivity contribution in [2.45, 2.75) is 39.2 Å². The number of ketones is 1. The largest absolute Gasteiger partial charge is 0.328 e. The highest BCUT2D eigenvalue weighted by Crippen LogP contribution is 2.18. The summed E-state index contributed by atoms with van der Waals surface area (Å²) in [6, 6.07) is 3.15. The molecule has 2 unspecified atom stereocenters. The summed E-state index contributed by atoms with van der Waals surface area (Å²) < 4.78 is 26.2. The number of hydrogen-bond acceptors (Lipinski definition) is 2. The maximum Gasteiger partial charge on any atom is 0.168 e. The van der Waals surface area contributed by atoms with E-state index in [9.17, 15) is 13.6 Å². The van der Waals surface area contributed by atoms with Crippen molar-refractivity contribution in [3.63, 3.8) is 0 Å². The molecule has 0 aliphatic heterocycles. The molecule has 2 atom stereocenters. The Morgan fingerprint density at radius 1 is 1.28 bits per heavy atom. The molecule has 0 saturated carbocycles. The Labute approximate surface area is 106 Å². The number of carbonyl (C=O) groups excluding carboxylic acids is 1. The number of Topliss-reactive ketones (excluding diaryl/α,β-unsaturated/α-hetero) is 1. The van der Waals surface area contributed by atoms with E-state index in [0.29, 0.717) is 6.42 Å². The van der Waals surface area contributed by atoms with Gasteiger partial charge >= 0.3 is 0 Å². The van der Waals surface area contributed by atoms with Crippen LogP contribution >= 0.6 is 0 Å². The molecule has 18 heavy (non-hydrogen) atoms. The van der Waals surface area contributed by atoms with Gasteiger partial charge in [0.2, 0.25) is 0 Å². The summed E-state index contributed by atoms with van der Waals surface area (Å²) in [5.41, 5.74) is 5.58. The minimum absolute atomic E-state index is 0.0373.